The van der Waals surface area contributed by atoms with Gasteiger partial charge in [0, 0.05) is 7.11 Å². The summed E-state index contributed by atoms with van der Waals surface area (Å²) in [6.07, 6.45) is 0. The first kappa shape index (κ1) is 11.2. The number of methoxy groups -OCH3 is 1. The van der Waals surface area contributed by atoms with E-state index in [1.54, 1.807) is 21.0 Å². The zero-order valence-electron chi connectivity index (χ0n) is 7.02. The minimum Gasteiger partial charge on any atom is -0.455 e. The van der Waals surface area contributed by atoms with E-state index in [-0.39, 0.29) is 5.97 Å². The van der Waals surface area contributed by atoms with Crippen molar-refractivity contribution in [3.8, 4) is 0 Å². The van der Waals surface area contributed by atoms with Crippen LogP contribution in [-0.2, 0) is 14.3 Å². The summed E-state index contributed by atoms with van der Waals surface area (Å²) < 4.78 is 10.1. The second kappa shape index (κ2) is 4.92. The van der Waals surface area contributed by atoms with Crippen LogP contribution in [0.5, 0.6) is 0 Å². The lowest BCUT2D eigenvalue weighted by Crippen LogP contribution is -2.30. The van der Waals surface area contributed by atoms with Crippen molar-refractivity contribution >= 4 is 28.6 Å². The summed E-state index contributed by atoms with van der Waals surface area (Å²) in [6.45, 7) is 3.98. The van der Waals surface area contributed by atoms with Crippen molar-refractivity contribution in [2.75, 3.05) is 18.3 Å². The van der Waals surface area contributed by atoms with E-state index in [0.717, 1.165) is 0 Å². The predicted octanol–water partition coefficient (Wildman–Crippen LogP) is 1.59. The molecule has 0 aliphatic rings. The Balaban J connectivity index is 3.94. The number of hydrogen-bond donors (Lipinski definition) is 0. The van der Waals surface area contributed by atoms with E-state index >= 15 is 0 Å². The molecule has 0 radical (unpaired) electrons. The highest BCUT2D eigenvalue weighted by molar-refractivity contribution is 14.1. The quantitative estimate of drug-likeness (QED) is 0.443. The number of rotatable bonds is 4. The Bertz CT molecular complexity index is 134. The van der Waals surface area contributed by atoms with Gasteiger partial charge >= 0.3 is 5.97 Å². The van der Waals surface area contributed by atoms with Crippen LogP contribution in [-0.4, -0.2) is 24.3 Å². The molecule has 0 heterocycles. The fourth-order valence-corrected chi connectivity index (χ4v) is 0.948. The molecule has 0 aliphatic heterocycles. The highest BCUT2D eigenvalue weighted by Gasteiger charge is 2.28. The number of esters is 1. The minimum absolute atomic E-state index is 0.214. The van der Waals surface area contributed by atoms with Gasteiger partial charge in [-0.25, -0.2) is 0 Å². The summed E-state index contributed by atoms with van der Waals surface area (Å²) >= 11 is 1.99. The molecular weight excluding hydrogens is 259 g/mol. The Kier molecular flexibility index (Phi) is 4.99. The lowest BCUT2D eigenvalue weighted by molar-refractivity contribution is -0.153. The van der Waals surface area contributed by atoms with Gasteiger partial charge in [-0.2, -0.15) is 0 Å². The van der Waals surface area contributed by atoms with Crippen molar-refractivity contribution in [1.82, 2.24) is 0 Å². The summed E-state index contributed by atoms with van der Waals surface area (Å²) in [6, 6.07) is 0. The van der Waals surface area contributed by atoms with E-state index in [2.05, 4.69) is 0 Å². The van der Waals surface area contributed by atoms with Gasteiger partial charge in [0.1, 0.15) is 4.61 Å². The molecule has 0 unspecified atom stereocenters. The molecule has 0 aromatic rings. The Labute approximate surface area is 80.6 Å². The number of carbonyl (C=O) groups is 1. The smallest absolute Gasteiger partial charge is 0.314 e. The number of hydrogen-bond acceptors (Lipinski definition) is 3. The Hall–Kier alpha value is 0.160. The first-order chi connectivity index (χ1) is 5.04. The third-order valence-corrected chi connectivity index (χ3v) is 1.55. The van der Waals surface area contributed by atoms with Crippen LogP contribution >= 0.6 is 22.6 Å². The van der Waals surface area contributed by atoms with Crippen molar-refractivity contribution in [3.63, 3.8) is 0 Å². The van der Waals surface area contributed by atoms with Crippen LogP contribution in [0.3, 0.4) is 0 Å². The van der Waals surface area contributed by atoms with E-state index in [1.165, 1.54) is 0 Å². The minimum atomic E-state index is -0.528. The van der Waals surface area contributed by atoms with Gasteiger partial charge in [0.25, 0.3) is 0 Å². The molecule has 0 spiro atoms. The monoisotopic (exact) mass is 272 g/mol. The molecule has 0 aromatic heterocycles. The Morgan fingerprint density at radius 1 is 1.55 bits per heavy atom. The predicted molar refractivity (Wildman–Crippen MR) is 50.6 cm³/mol. The van der Waals surface area contributed by atoms with Gasteiger partial charge < -0.3 is 9.47 Å². The van der Waals surface area contributed by atoms with Crippen LogP contribution in [0, 0.1) is 5.41 Å². The molecule has 11 heavy (non-hydrogen) atoms. The lowest BCUT2D eigenvalue weighted by Gasteiger charge is -2.20. The topological polar surface area (TPSA) is 35.5 Å². The molecule has 0 atom stereocenters. The molecule has 0 fully saturated rings. The van der Waals surface area contributed by atoms with E-state index in [9.17, 15) is 4.79 Å². The number of ether oxygens (including phenoxy) is 2. The fraction of sp³-hybridized carbons (Fsp3) is 0.857. The first-order valence-electron chi connectivity index (χ1n) is 3.26. The molecule has 0 aliphatic carbocycles. The normalized spacial score (nSPS) is 11.3. The molecule has 0 rings (SSSR count). The summed E-state index contributed by atoms with van der Waals surface area (Å²) in [7, 11) is 1.57. The van der Waals surface area contributed by atoms with E-state index in [0.29, 0.717) is 11.2 Å². The molecule has 0 bridgehead atoms. The molecule has 0 amide bonds. The van der Waals surface area contributed by atoms with Crippen LogP contribution < -0.4 is 0 Å². The fourth-order valence-electron chi connectivity index (χ4n) is 0.665. The van der Waals surface area contributed by atoms with Crippen molar-refractivity contribution in [1.29, 1.82) is 0 Å². The molecule has 0 aromatic carbocycles. The molecular formula is C7H13IO3. The number of halogens is 1. The maximum Gasteiger partial charge on any atom is 0.314 e. The highest BCUT2D eigenvalue weighted by Crippen LogP contribution is 2.17. The Morgan fingerprint density at radius 3 is 2.45 bits per heavy atom. The summed E-state index contributed by atoms with van der Waals surface area (Å²) in [5.74, 6) is -0.214. The van der Waals surface area contributed by atoms with Gasteiger partial charge in [-0.15, -0.1) is 0 Å². The summed E-state index contributed by atoms with van der Waals surface area (Å²) in [5.41, 5.74) is -0.528. The second-order valence-electron chi connectivity index (χ2n) is 2.86. The standard InChI is InChI=1S/C7H13IO3/c1-7(2,4-10-3)6(9)11-5-8/h4-5H2,1-3H3. The van der Waals surface area contributed by atoms with Gasteiger partial charge in [-0.05, 0) is 36.4 Å². The Morgan fingerprint density at radius 2 is 2.09 bits per heavy atom. The number of carbonyl (C=O) groups excluding carboxylic acids is 1. The van der Waals surface area contributed by atoms with Gasteiger partial charge in [0.2, 0.25) is 0 Å². The van der Waals surface area contributed by atoms with E-state index in [1.807, 2.05) is 22.6 Å². The lowest BCUT2D eigenvalue weighted by atomic mass is 9.95. The zero-order valence-corrected chi connectivity index (χ0v) is 9.17. The van der Waals surface area contributed by atoms with Crippen LogP contribution in [0.15, 0.2) is 0 Å². The van der Waals surface area contributed by atoms with Crippen molar-refractivity contribution in [3.05, 3.63) is 0 Å². The molecule has 66 valence electrons. The largest absolute Gasteiger partial charge is 0.455 e. The maximum atomic E-state index is 11.1. The maximum absolute atomic E-state index is 11.1. The van der Waals surface area contributed by atoms with Gasteiger partial charge in [0.15, 0.2) is 0 Å². The van der Waals surface area contributed by atoms with Gasteiger partial charge in [-0.1, -0.05) is 0 Å². The SMILES string of the molecule is COCC(C)(C)C(=O)OCI. The summed E-state index contributed by atoms with van der Waals surface area (Å²) in [5, 5.41) is 0. The van der Waals surface area contributed by atoms with Crippen molar-refractivity contribution < 1.29 is 14.3 Å². The average Bonchev–Trinajstić information content (AvgIpc) is 1.88. The molecule has 4 heteroatoms. The molecule has 0 N–H and O–H groups in total. The average molecular weight is 272 g/mol. The zero-order chi connectivity index (χ0) is 8.91. The molecule has 3 nitrogen and oxygen atoms in total. The van der Waals surface area contributed by atoms with E-state index in [4.69, 9.17) is 9.47 Å². The molecule has 0 saturated carbocycles. The van der Waals surface area contributed by atoms with Crippen molar-refractivity contribution in [2.45, 2.75) is 13.8 Å². The van der Waals surface area contributed by atoms with Crippen LogP contribution in [0.25, 0.3) is 0 Å². The van der Waals surface area contributed by atoms with Crippen LogP contribution in [0.4, 0.5) is 0 Å². The second-order valence-corrected chi connectivity index (χ2v) is 3.48. The van der Waals surface area contributed by atoms with Crippen molar-refractivity contribution in [2.24, 2.45) is 5.41 Å². The van der Waals surface area contributed by atoms with Gasteiger partial charge in [0.05, 0.1) is 12.0 Å². The first-order valence-corrected chi connectivity index (χ1v) is 4.79. The van der Waals surface area contributed by atoms with Gasteiger partial charge in [-0.3, -0.25) is 4.79 Å². The molecule has 0 saturated heterocycles. The van der Waals surface area contributed by atoms with Crippen LogP contribution in [0.1, 0.15) is 13.8 Å². The summed E-state index contributed by atoms with van der Waals surface area (Å²) in [4.78, 5) is 11.1. The highest BCUT2D eigenvalue weighted by atomic mass is 127. The number of alkyl halides is 1. The third-order valence-electron chi connectivity index (χ3n) is 1.24. The van der Waals surface area contributed by atoms with E-state index < -0.39 is 5.41 Å². The third kappa shape index (κ3) is 3.91. The van der Waals surface area contributed by atoms with Crippen LogP contribution in [0.2, 0.25) is 0 Å².